The first-order valence-electron chi connectivity index (χ1n) is 7.62. The SMILES string of the molecule is CCC(CO)NCc1ccc(OCc2ccc(Cl)cc2Cl)cc1.Cl. The molecule has 0 aliphatic heterocycles. The van der Waals surface area contributed by atoms with Gasteiger partial charge in [0.25, 0.3) is 0 Å². The molecule has 1 unspecified atom stereocenters. The molecule has 24 heavy (non-hydrogen) atoms. The van der Waals surface area contributed by atoms with Crippen LogP contribution in [0.5, 0.6) is 5.75 Å². The lowest BCUT2D eigenvalue weighted by atomic mass is 10.2. The Morgan fingerprint density at radius 1 is 1.12 bits per heavy atom. The molecule has 0 aromatic heterocycles. The molecule has 2 rings (SSSR count). The van der Waals surface area contributed by atoms with Crippen molar-refractivity contribution in [1.82, 2.24) is 5.32 Å². The average molecular weight is 391 g/mol. The zero-order chi connectivity index (χ0) is 16.7. The van der Waals surface area contributed by atoms with Crippen molar-refractivity contribution < 1.29 is 9.84 Å². The van der Waals surface area contributed by atoms with Crippen LogP contribution < -0.4 is 10.1 Å². The molecular formula is C18H22Cl3NO2. The van der Waals surface area contributed by atoms with E-state index in [1.165, 1.54) is 0 Å². The minimum Gasteiger partial charge on any atom is -0.489 e. The fourth-order valence-corrected chi connectivity index (χ4v) is 2.57. The Morgan fingerprint density at radius 2 is 1.83 bits per heavy atom. The Kier molecular flexibility index (Phi) is 9.49. The van der Waals surface area contributed by atoms with Gasteiger partial charge in [0.1, 0.15) is 12.4 Å². The zero-order valence-electron chi connectivity index (χ0n) is 13.5. The Balaban J connectivity index is 0.00000288. The van der Waals surface area contributed by atoms with Gasteiger partial charge in [-0.2, -0.15) is 0 Å². The van der Waals surface area contributed by atoms with Crippen LogP contribution in [0.1, 0.15) is 24.5 Å². The maximum absolute atomic E-state index is 9.16. The van der Waals surface area contributed by atoms with Crippen molar-refractivity contribution in [2.75, 3.05) is 6.61 Å². The third kappa shape index (κ3) is 6.50. The van der Waals surface area contributed by atoms with Crippen LogP contribution in [0.3, 0.4) is 0 Å². The van der Waals surface area contributed by atoms with E-state index >= 15 is 0 Å². The van der Waals surface area contributed by atoms with Crippen LogP contribution in [0.4, 0.5) is 0 Å². The molecule has 0 radical (unpaired) electrons. The quantitative estimate of drug-likeness (QED) is 0.676. The third-order valence-electron chi connectivity index (χ3n) is 3.64. The number of rotatable bonds is 8. The normalized spacial score (nSPS) is 11.7. The molecule has 0 fully saturated rings. The summed E-state index contributed by atoms with van der Waals surface area (Å²) in [6, 6.07) is 13.4. The molecule has 2 aromatic rings. The molecule has 0 aliphatic carbocycles. The highest BCUT2D eigenvalue weighted by atomic mass is 35.5. The van der Waals surface area contributed by atoms with Gasteiger partial charge in [-0.1, -0.05) is 48.3 Å². The molecule has 3 nitrogen and oxygen atoms in total. The Morgan fingerprint density at radius 3 is 2.42 bits per heavy atom. The summed E-state index contributed by atoms with van der Waals surface area (Å²) in [6.07, 6.45) is 0.902. The average Bonchev–Trinajstić information content (AvgIpc) is 2.56. The van der Waals surface area contributed by atoms with Crippen molar-refractivity contribution in [2.45, 2.75) is 32.5 Å². The minimum absolute atomic E-state index is 0. The monoisotopic (exact) mass is 389 g/mol. The molecule has 0 spiro atoms. The highest BCUT2D eigenvalue weighted by Crippen LogP contribution is 2.22. The zero-order valence-corrected chi connectivity index (χ0v) is 15.8. The number of halogens is 3. The highest BCUT2D eigenvalue weighted by molar-refractivity contribution is 6.35. The first-order valence-corrected chi connectivity index (χ1v) is 8.38. The molecule has 1 atom stereocenters. The van der Waals surface area contributed by atoms with Crippen molar-refractivity contribution in [2.24, 2.45) is 0 Å². The first-order chi connectivity index (χ1) is 11.1. The van der Waals surface area contributed by atoms with Gasteiger partial charge in [0, 0.05) is 28.2 Å². The molecule has 2 aromatic carbocycles. The van der Waals surface area contributed by atoms with Crippen molar-refractivity contribution in [3.8, 4) is 5.75 Å². The highest BCUT2D eigenvalue weighted by Gasteiger charge is 2.05. The lowest BCUT2D eigenvalue weighted by molar-refractivity contribution is 0.238. The van der Waals surface area contributed by atoms with E-state index in [2.05, 4.69) is 5.32 Å². The van der Waals surface area contributed by atoms with Crippen LogP contribution in [-0.2, 0) is 13.2 Å². The number of hydrogen-bond donors (Lipinski definition) is 2. The van der Waals surface area contributed by atoms with Gasteiger partial charge in [0.05, 0.1) is 6.61 Å². The summed E-state index contributed by atoms with van der Waals surface area (Å²) < 4.78 is 5.75. The van der Waals surface area contributed by atoms with Crippen molar-refractivity contribution in [3.05, 3.63) is 63.6 Å². The van der Waals surface area contributed by atoms with Crippen LogP contribution in [-0.4, -0.2) is 17.8 Å². The molecule has 2 N–H and O–H groups in total. The molecule has 0 saturated carbocycles. The largest absolute Gasteiger partial charge is 0.489 e. The second kappa shape index (κ2) is 10.8. The second-order valence-corrected chi connectivity index (χ2v) is 6.18. The molecule has 132 valence electrons. The fourth-order valence-electron chi connectivity index (χ4n) is 2.10. The summed E-state index contributed by atoms with van der Waals surface area (Å²) in [5, 5.41) is 13.7. The van der Waals surface area contributed by atoms with Crippen LogP contribution in [0.15, 0.2) is 42.5 Å². The molecule has 6 heteroatoms. The van der Waals surface area contributed by atoms with E-state index in [-0.39, 0.29) is 25.1 Å². The molecule has 0 amide bonds. The van der Waals surface area contributed by atoms with E-state index in [1.807, 2.05) is 37.3 Å². The van der Waals surface area contributed by atoms with Gasteiger partial charge < -0.3 is 15.2 Å². The van der Waals surface area contributed by atoms with Crippen LogP contribution in [0.2, 0.25) is 10.0 Å². The molecule has 0 bridgehead atoms. The van der Waals surface area contributed by atoms with E-state index < -0.39 is 0 Å². The second-order valence-electron chi connectivity index (χ2n) is 5.34. The smallest absolute Gasteiger partial charge is 0.119 e. The predicted molar refractivity (Wildman–Crippen MR) is 102 cm³/mol. The van der Waals surface area contributed by atoms with Crippen LogP contribution in [0.25, 0.3) is 0 Å². The third-order valence-corrected chi connectivity index (χ3v) is 4.23. The van der Waals surface area contributed by atoms with Crippen LogP contribution in [0, 0.1) is 0 Å². The van der Waals surface area contributed by atoms with Gasteiger partial charge in [0.15, 0.2) is 0 Å². The summed E-state index contributed by atoms with van der Waals surface area (Å²) in [5.74, 6) is 0.786. The van der Waals surface area contributed by atoms with Crippen molar-refractivity contribution >= 4 is 35.6 Å². The maximum atomic E-state index is 9.16. The number of benzene rings is 2. The lowest BCUT2D eigenvalue weighted by Gasteiger charge is -2.14. The lowest BCUT2D eigenvalue weighted by Crippen LogP contribution is -2.31. The fraction of sp³-hybridized carbons (Fsp3) is 0.333. The van der Waals surface area contributed by atoms with E-state index in [0.717, 1.165) is 29.8 Å². The van der Waals surface area contributed by atoms with Gasteiger partial charge in [-0.3, -0.25) is 0 Å². The molecule has 0 saturated heterocycles. The van der Waals surface area contributed by atoms with Gasteiger partial charge >= 0.3 is 0 Å². The summed E-state index contributed by atoms with van der Waals surface area (Å²) in [7, 11) is 0. The van der Waals surface area contributed by atoms with Crippen molar-refractivity contribution in [1.29, 1.82) is 0 Å². The first kappa shape index (κ1) is 21.1. The maximum Gasteiger partial charge on any atom is 0.119 e. The van der Waals surface area contributed by atoms with Gasteiger partial charge in [0.2, 0.25) is 0 Å². The van der Waals surface area contributed by atoms with E-state index in [0.29, 0.717) is 16.7 Å². The number of ether oxygens (including phenoxy) is 1. The molecule has 0 aliphatic rings. The summed E-state index contributed by atoms with van der Waals surface area (Å²) in [6.45, 7) is 3.32. The summed E-state index contributed by atoms with van der Waals surface area (Å²) >= 11 is 12.0. The minimum atomic E-state index is 0. The van der Waals surface area contributed by atoms with Crippen molar-refractivity contribution in [3.63, 3.8) is 0 Å². The van der Waals surface area contributed by atoms with Gasteiger partial charge in [-0.05, 0) is 36.2 Å². The molecule has 0 heterocycles. The number of nitrogens with one attached hydrogen (secondary N) is 1. The predicted octanol–water partition coefficient (Wildman–Crippen LogP) is 4.85. The number of aliphatic hydroxyl groups excluding tert-OH is 1. The Hall–Kier alpha value is -0.970. The molecular weight excluding hydrogens is 369 g/mol. The Labute approximate surface area is 159 Å². The summed E-state index contributed by atoms with van der Waals surface area (Å²) in [5.41, 5.74) is 2.05. The van der Waals surface area contributed by atoms with E-state index in [1.54, 1.807) is 12.1 Å². The van der Waals surface area contributed by atoms with Gasteiger partial charge in [-0.25, -0.2) is 0 Å². The van der Waals surface area contributed by atoms with E-state index in [4.69, 9.17) is 33.0 Å². The standard InChI is InChI=1S/C18H21Cl2NO2.ClH/c1-2-16(11-22)21-10-13-3-7-17(8-4-13)23-12-14-5-6-15(19)9-18(14)20;/h3-9,16,21-22H,2,10-12H2,1H3;1H. The summed E-state index contributed by atoms with van der Waals surface area (Å²) in [4.78, 5) is 0. The van der Waals surface area contributed by atoms with Crippen LogP contribution >= 0.6 is 35.6 Å². The number of hydrogen-bond acceptors (Lipinski definition) is 3. The van der Waals surface area contributed by atoms with E-state index in [9.17, 15) is 0 Å². The topological polar surface area (TPSA) is 41.5 Å². The van der Waals surface area contributed by atoms with Gasteiger partial charge in [-0.15, -0.1) is 12.4 Å². The Bertz CT molecular complexity index is 616. The number of aliphatic hydroxyl groups is 1.